The molecule has 0 fully saturated rings. The first-order chi connectivity index (χ1) is 15.5. The number of hydrogen-bond acceptors (Lipinski definition) is 4. The lowest BCUT2D eigenvalue weighted by molar-refractivity contribution is -0.116. The van der Waals surface area contributed by atoms with Gasteiger partial charge in [0.1, 0.15) is 10.6 Å². The topological polar surface area (TPSA) is 55.4 Å². The maximum atomic E-state index is 12.8. The highest BCUT2D eigenvalue weighted by Crippen LogP contribution is 2.38. The highest BCUT2D eigenvalue weighted by Gasteiger charge is 2.23. The molecule has 1 amide bonds. The van der Waals surface area contributed by atoms with E-state index in [-0.39, 0.29) is 5.91 Å². The monoisotopic (exact) mass is 447 g/mol. The van der Waals surface area contributed by atoms with E-state index in [1.807, 2.05) is 24.4 Å². The van der Waals surface area contributed by atoms with Gasteiger partial charge in [0.05, 0.1) is 6.61 Å². The Bertz CT molecular complexity index is 1110. The van der Waals surface area contributed by atoms with Crippen molar-refractivity contribution in [3.8, 4) is 11.1 Å². The highest BCUT2D eigenvalue weighted by molar-refractivity contribution is 7.15. The van der Waals surface area contributed by atoms with Gasteiger partial charge in [0.2, 0.25) is 5.91 Å². The standard InChI is InChI=1S/C27H29NO3S/c1-3-31-27(30)25-23(22-14-13-20-6-4-5-7-21(20)16-22)17-32-26(25)28-24(29)15-12-19-10-8-18(2)9-11-19/h8-11,13-14,16-17H,3-7,12,15H2,1-2H3,(H,28,29). The Morgan fingerprint density at radius 1 is 1.03 bits per heavy atom. The third-order valence-electron chi connectivity index (χ3n) is 5.94. The van der Waals surface area contributed by atoms with Crippen molar-refractivity contribution in [2.24, 2.45) is 0 Å². The number of thiophene rings is 1. The highest BCUT2D eigenvalue weighted by atomic mass is 32.1. The van der Waals surface area contributed by atoms with Crippen molar-refractivity contribution >= 4 is 28.2 Å². The van der Waals surface area contributed by atoms with Crippen LogP contribution in [0, 0.1) is 6.92 Å². The largest absolute Gasteiger partial charge is 0.462 e. The number of esters is 1. The van der Waals surface area contributed by atoms with Gasteiger partial charge in [0.15, 0.2) is 0 Å². The predicted octanol–water partition coefficient (Wildman–Crippen LogP) is 6.35. The number of nitrogens with one attached hydrogen (secondary N) is 1. The molecule has 3 aromatic rings. The van der Waals surface area contributed by atoms with E-state index in [4.69, 9.17) is 4.74 Å². The van der Waals surface area contributed by atoms with Gasteiger partial charge in [-0.25, -0.2) is 4.79 Å². The molecule has 166 valence electrons. The number of fused-ring (bicyclic) bond motifs is 1. The lowest BCUT2D eigenvalue weighted by atomic mass is 9.89. The van der Waals surface area contributed by atoms with Gasteiger partial charge in [0.25, 0.3) is 0 Å². The molecular formula is C27H29NO3S. The molecule has 1 heterocycles. The number of carbonyl (C=O) groups is 2. The average Bonchev–Trinajstić information content (AvgIpc) is 3.22. The second-order valence-electron chi connectivity index (χ2n) is 8.30. The first kappa shape index (κ1) is 22.3. The van der Waals surface area contributed by atoms with Crippen LogP contribution in [-0.2, 0) is 28.8 Å². The minimum absolute atomic E-state index is 0.102. The normalized spacial score (nSPS) is 12.8. The summed E-state index contributed by atoms with van der Waals surface area (Å²) in [5, 5.41) is 5.47. The van der Waals surface area contributed by atoms with Crippen LogP contribution in [0.15, 0.2) is 47.8 Å². The Morgan fingerprint density at radius 3 is 2.53 bits per heavy atom. The fourth-order valence-corrected chi connectivity index (χ4v) is 5.14. The summed E-state index contributed by atoms with van der Waals surface area (Å²) in [7, 11) is 0. The number of ether oxygens (including phenoxy) is 1. The van der Waals surface area contributed by atoms with Crippen LogP contribution in [-0.4, -0.2) is 18.5 Å². The van der Waals surface area contributed by atoms with E-state index in [1.54, 1.807) is 6.92 Å². The van der Waals surface area contributed by atoms with Crippen LogP contribution in [0.3, 0.4) is 0 Å². The summed E-state index contributed by atoms with van der Waals surface area (Å²) in [5.41, 5.74) is 7.37. The van der Waals surface area contributed by atoms with E-state index in [0.717, 1.165) is 29.5 Å². The van der Waals surface area contributed by atoms with Crippen LogP contribution >= 0.6 is 11.3 Å². The van der Waals surface area contributed by atoms with Crippen molar-refractivity contribution in [2.75, 3.05) is 11.9 Å². The molecule has 1 aromatic heterocycles. The third-order valence-corrected chi connectivity index (χ3v) is 6.84. The van der Waals surface area contributed by atoms with Crippen LogP contribution < -0.4 is 5.32 Å². The minimum atomic E-state index is -0.393. The lowest BCUT2D eigenvalue weighted by Crippen LogP contribution is -2.15. The molecule has 32 heavy (non-hydrogen) atoms. The Kier molecular flexibility index (Phi) is 7.05. The fourth-order valence-electron chi connectivity index (χ4n) is 4.17. The van der Waals surface area contributed by atoms with Crippen LogP contribution in [0.1, 0.15) is 58.8 Å². The lowest BCUT2D eigenvalue weighted by Gasteiger charge is -2.17. The quantitative estimate of drug-likeness (QED) is 0.429. The zero-order valence-corrected chi connectivity index (χ0v) is 19.5. The molecule has 4 rings (SSSR count). The summed E-state index contributed by atoms with van der Waals surface area (Å²) in [6, 6.07) is 14.7. The van der Waals surface area contributed by atoms with Gasteiger partial charge in [-0.1, -0.05) is 48.0 Å². The molecule has 2 aromatic carbocycles. The van der Waals surface area contributed by atoms with Crippen LogP contribution in [0.25, 0.3) is 11.1 Å². The summed E-state index contributed by atoms with van der Waals surface area (Å²) in [4.78, 5) is 25.5. The van der Waals surface area contributed by atoms with E-state index >= 15 is 0 Å². The Hall–Kier alpha value is -2.92. The maximum Gasteiger partial charge on any atom is 0.341 e. The number of carbonyl (C=O) groups excluding carboxylic acids is 2. The van der Waals surface area contributed by atoms with Gasteiger partial charge < -0.3 is 10.1 Å². The molecular weight excluding hydrogens is 418 g/mol. The van der Waals surface area contributed by atoms with Gasteiger partial charge in [0, 0.05) is 17.4 Å². The SMILES string of the molecule is CCOC(=O)c1c(-c2ccc3c(c2)CCCC3)csc1NC(=O)CCc1ccc(C)cc1. The summed E-state index contributed by atoms with van der Waals surface area (Å²) >= 11 is 1.38. The molecule has 1 aliphatic carbocycles. The summed E-state index contributed by atoms with van der Waals surface area (Å²) in [6.07, 6.45) is 5.64. The molecule has 0 saturated heterocycles. The Morgan fingerprint density at radius 2 is 1.78 bits per heavy atom. The van der Waals surface area contributed by atoms with Gasteiger partial charge in [-0.15, -0.1) is 11.3 Å². The smallest absolute Gasteiger partial charge is 0.341 e. The summed E-state index contributed by atoms with van der Waals surface area (Å²) < 4.78 is 5.34. The van der Waals surface area contributed by atoms with Crippen molar-refractivity contribution in [3.05, 3.63) is 75.7 Å². The van der Waals surface area contributed by atoms with Crippen LogP contribution in [0.5, 0.6) is 0 Å². The second-order valence-corrected chi connectivity index (χ2v) is 9.18. The number of rotatable bonds is 7. The number of aryl methyl sites for hydroxylation is 4. The summed E-state index contributed by atoms with van der Waals surface area (Å²) in [5.74, 6) is -0.495. The van der Waals surface area contributed by atoms with E-state index < -0.39 is 5.97 Å². The molecule has 0 radical (unpaired) electrons. The number of hydrogen-bond donors (Lipinski definition) is 1. The zero-order chi connectivity index (χ0) is 22.5. The maximum absolute atomic E-state index is 12.8. The predicted molar refractivity (Wildman–Crippen MR) is 130 cm³/mol. The van der Waals surface area contributed by atoms with E-state index in [0.29, 0.717) is 30.0 Å². The molecule has 4 nitrogen and oxygen atoms in total. The number of amides is 1. The Labute approximate surface area is 193 Å². The molecule has 0 aliphatic heterocycles. The summed E-state index contributed by atoms with van der Waals surface area (Å²) in [6.45, 7) is 4.13. The molecule has 5 heteroatoms. The van der Waals surface area contributed by atoms with Crippen molar-refractivity contribution in [1.82, 2.24) is 0 Å². The molecule has 1 N–H and O–H groups in total. The van der Waals surface area contributed by atoms with E-state index in [1.165, 1.54) is 40.9 Å². The molecule has 0 spiro atoms. The molecule has 0 unspecified atom stereocenters. The Balaban J connectivity index is 1.55. The minimum Gasteiger partial charge on any atom is -0.462 e. The van der Waals surface area contributed by atoms with E-state index in [2.05, 4.69) is 35.6 Å². The third kappa shape index (κ3) is 5.10. The molecule has 0 bridgehead atoms. The van der Waals surface area contributed by atoms with Crippen LogP contribution in [0.2, 0.25) is 0 Å². The molecule has 1 aliphatic rings. The van der Waals surface area contributed by atoms with E-state index in [9.17, 15) is 9.59 Å². The van der Waals surface area contributed by atoms with Crippen molar-refractivity contribution in [1.29, 1.82) is 0 Å². The van der Waals surface area contributed by atoms with Crippen molar-refractivity contribution in [3.63, 3.8) is 0 Å². The van der Waals surface area contributed by atoms with Gasteiger partial charge in [-0.05, 0) is 68.2 Å². The first-order valence-electron chi connectivity index (χ1n) is 11.3. The second kappa shape index (κ2) is 10.1. The number of benzene rings is 2. The molecule has 0 saturated carbocycles. The average molecular weight is 448 g/mol. The van der Waals surface area contributed by atoms with Gasteiger partial charge in [-0.3, -0.25) is 4.79 Å². The van der Waals surface area contributed by atoms with Crippen LogP contribution in [0.4, 0.5) is 5.00 Å². The zero-order valence-electron chi connectivity index (χ0n) is 18.7. The number of anilines is 1. The molecule has 0 atom stereocenters. The van der Waals surface area contributed by atoms with Crippen molar-refractivity contribution < 1.29 is 14.3 Å². The fraction of sp³-hybridized carbons (Fsp3) is 0.333. The van der Waals surface area contributed by atoms with Gasteiger partial charge >= 0.3 is 5.97 Å². The van der Waals surface area contributed by atoms with Crippen molar-refractivity contribution in [2.45, 2.75) is 52.4 Å². The van der Waals surface area contributed by atoms with Gasteiger partial charge in [-0.2, -0.15) is 0 Å². The first-order valence-corrected chi connectivity index (χ1v) is 12.2.